The predicted molar refractivity (Wildman–Crippen MR) is 99.2 cm³/mol. The van der Waals surface area contributed by atoms with Crippen molar-refractivity contribution in [3.63, 3.8) is 0 Å². The number of hydrogen-bond donors (Lipinski definition) is 2. The summed E-state index contributed by atoms with van der Waals surface area (Å²) in [6, 6.07) is 7.41. The first-order valence-electron chi connectivity index (χ1n) is 7.21. The van der Waals surface area contributed by atoms with E-state index in [-0.39, 0.29) is 36.8 Å². The van der Waals surface area contributed by atoms with E-state index in [4.69, 9.17) is 11.6 Å². The predicted octanol–water partition coefficient (Wildman–Crippen LogP) is 3.46. The van der Waals surface area contributed by atoms with E-state index >= 15 is 0 Å². The van der Waals surface area contributed by atoms with Gasteiger partial charge in [0.05, 0.1) is 16.1 Å². The Balaban J connectivity index is 0.00000132. The molecule has 1 aromatic heterocycles. The highest BCUT2D eigenvalue weighted by atomic mass is 35.5. The van der Waals surface area contributed by atoms with Gasteiger partial charge < -0.3 is 10.6 Å². The van der Waals surface area contributed by atoms with E-state index in [1.807, 2.05) is 12.1 Å². The SMILES string of the molecule is CC1CNCCC1NC(=O)c1ccc(Cl)c2cccnc12.Cl.Cl. The number of rotatable bonds is 2. The van der Waals surface area contributed by atoms with Crippen LogP contribution in [0.3, 0.4) is 0 Å². The first-order valence-corrected chi connectivity index (χ1v) is 7.59. The topological polar surface area (TPSA) is 54.0 Å². The molecule has 1 aromatic carbocycles. The van der Waals surface area contributed by atoms with Gasteiger partial charge in [-0.2, -0.15) is 0 Å². The lowest BCUT2D eigenvalue weighted by molar-refractivity contribution is 0.0916. The molecule has 3 rings (SSSR count). The molecule has 4 nitrogen and oxygen atoms in total. The Morgan fingerprint density at radius 3 is 2.87 bits per heavy atom. The molecule has 1 amide bonds. The van der Waals surface area contributed by atoms with Crippen molar-refractivity contribution < 1.29 is 4.79 Å². The number of fused-ring (bicyclic) bond motifs is 1. The fourth-order valence-electron chi connectivity index (χ4n) is 2.80. The molecule has 1 fully saturated rings. The van der Waals surface area contributed by atoms with Gasteiger partial charge in [-0.25, -0.2) is 0 Å². The Bertz CT molecular complexity index is 681. The second kappa shape index (κ2) is 8.69. The molecule has 1 aliphatic heterocycles. The number of piperidine rings is 1. The molecule has 1 saturated heterocycles. The molecule has 0 spiro atoms. The number of benzene rings is 1. The summed E-state index contributed by atoms with van der Waals surface area (Å²) in [5.74, 6) is 0.350. The van der Waals surface area contributed by atoms with Gasteiger partial charge in [0, 0.05) is 17.6 Å². The van der Waals surface area contributed by atoms with Crippen LogP contribution in [-0.4, -0.2) is 30.0 Å². The molecule has 126 valence electrons. The lowest BCUT2D eigenvalue weighted by Crippen LogP contribution is -2.48. The molecule has 2 N–H and O–H groups in total. The third-order valence-electron chi connectivity index (χ3n) is 4.06. The Kier molecular flexibility index (Phi) is 7.55. The average Bonchev–Trinajstić information content (AvgIpc) is 2.50. The Morgan fingerprint density at radius 1 is 1.35 bits per heavy atom. The van der Waals surface area contributed by atoms with Crippen LogP contribution in [0, 0.1) is 5.92 Å². The van der Waals surface area contributed by atoms with E-state index < -0.39 is 0 Å². The van der Waals surface area contributed by atoms with Gasteiger partial charge in [0.15, 0.2) is 0 Å². The molecule has 2 aromatic rings. The smallest absolute Gasteiger partial charge is 0.253 e. The number of nitrogens with zero attached hydrogens (tertiary/aromatic N) is 1. The number of carbonyl (C=O) groups excluding carboxylic acids is 1. The Hall–Kier alpha value is -1.07. The van der Waals surface area contributed by atoms with Gasteiger partial charge in [-0.3, -0.25) is 9.78 Å². The maximum absolute atomic E-state index is 12.6. The number of nitrogens with one attached hydrogen (secondary N) is 2. The van der Waals surface area contributed by atoms with Crippen molar-refractivity contribution in [2.24, 2.45) is 5.92 Å². The summed E-state index contributed by atoms with van der Waals surface area (Å²) in [7, 11) is 0. The molecule has 23 heavy (non-hydrogen) atoms. The van der Waals surface area contributed by atoms with Gasteiger partial charge in [-0.05, 0) is 49.7 Å². The van der Waals surface area contributed by atoms with E-state index in [1.165, 1.54) is 0 Å². The van der Waals surface area contributed by atoms with Crippen LogP contribution in [-0.2, 0) is 0 Å². The van der Waals surface area contributed by atoms with Crippen LogP contribution >= 0.6 is 36.4 Å². The summed E-state index contributed by atoms with van der Waals surface area (Å²) in [5.41, 5.74) is 1.24. The number of amides is 1. The third kappa shape index (κ3) is 4.27. The summed E-state index contributed by atoms with van der Waals surface area (Å²) < 4.78 is 0. The first kappa shape index (κ1) is 20.0. The van der Waals surface area contributed by atoms with Crippen LogP contribution in [0.5, 0.6) is 0 Å². The van der Waals surface area contributed by atoms with Gasteiger partial charge in [0.25, 0.3) is 5.91 Å². The minimum Gasteiger partial charge on any atom is -0.349 e. The molecular weight excluding hydrogens is 357 g/mol. The molecule has 0 radical (unpaired) electrons. The zero-order chi connectivity index (χ0) is 14.8. The number of halogens is 3. The van der Waals surface area contributed by atoms with Crippen molar-refractivity contribution >= 4 is 53.2 Å². The summed E-state index contributed by atoms with van der Waals surface area (Å²) in [4.78, 5) is 16.9. The number of aromatic nitrogens is 1. The molecule has 0 bridgehead atoms. The molecule has 0 saturated carbocycles. The highest BCUT2D eigenvalue weighted by Crippen LogP contribution is 2.25. The minimum absolute atomic E-state index is 0. The maximum Gasteiger partial charge on any atom is 0.253 e. The summed E-state index contributed by atoms with van der Waals surface area (Å²) in [5, 5.41) is 7.89. The van der Waals surface area contributed by atoms with E-state index in [1.54, 1.807) is 18.3 Å². The fraction of sp³-hybridized carbons (Fsp3) is 0.375. The van der Waals surface area contributed by atoms with E-state index in [9.17, 15) is 4.79 Å². The molecular formula is C16H20Cl3N3O. The quantitative estimate of drug-likeness (QED) is 0.844. The molecule has 2 unspecified atom stereocenters. The van der Waals surface area contributed by atoms with Gasteiger partial charge in [0.2, 0.25) is 0 Å². The van der Waals surface area contributed by atoms with Crippen molar-refractivity contribution in [2.45, 2.75) is 19.4 Å². The lowest BCUT2D eigenvalue weighted by atomic mass is 9.95. The zero-order valence-electron chi connectivity index (χ0n) is 12.7. The van der Waals surface area contributed by atoms with Crippen LogP contribution < -0.4 is 10.6 Å². The first-order chi connectivity index (χ1) is 10.2. The minimum atomic E-state index is -0.0749. The van der Waals surface area contributed by atoms with E-state index in [0.717, 1.165) is 24.9 Å². The summed E-state index contributed by atoms with van der Waals surface area (Å²) in [6.45, 7) is 4.02. The average molecular weight is 377 g/mol. The van der Waals surface area contributed by atoms with Crippen LogP contribution in [0.15, 0.2) is 30.5 Å². The van der Waals surface area contributed by atoms with Gasteiger partial charge in [0.1, 0.15) is 0 Å². The van der Waals surface area contributed by atoms with Gasteiger partial charge >= 0.3 is 0 Å². The zero-order valence-corrected chi connectivity index (χ0v) is 15.1. The third-order valence-corrected chi connectivity index (χ3v) is 4.39. The van der Waals surface area contributed by atoms with Crippen LogP contribution in [0.25, 0.3) is 10.9 Å². The lowest BCUT2D eigenvalue weighted by Gasteiger charge is -2.30. The van der Waals surface area contributed by atoms with Crippen LogP contribution in [0.1, 0.15) is 23.7 Å². The fourth-order valence-corrected chi connectivity index (χ4v) is 3.01. The number of hydrogen-bond acceptors (Lipinski definition) is 3. The monoisotopic (exact) mass is 375 g/mol. The van der Waals surface area contributed by atoms with Crippen molar-refractivity contribution in [1.29, 1.82) is 0 Å². The van der Waals surface area contributed by atoms with Crippen molar-refractivity contribution in [1.82, 2.24) is 15.6 Å². The molecule has 2 heterocycles. The molecule has 7 heteroatoms. The maximum atomic E-state index is 12.6. The van der Waals surface area contributed by atoms with Gasteiger partial charge in [-0.15, -0.1) is 24.8 Å². The van der Waals surface area contributed by atoms with Crippen LogP contribution in [0.4, 0.5) is 0 Å². The molecule has 2 atom stereocenters. The van der Waals surface area contributed by atoms with Crippen molar-refractivity contribution in [2.75, 3.05) is 13.1 Å². The van der Waals surface area contributed by atoms with E-state index in [2.05, 4.69) is 22.5 Å². The van der Waals surface area contributed by atoms with Crippen LogP contribution in [0.2, 0.25) is 5.02 Å². The Labute approximate surface area is 153 Å². The Morgan fingerprint density at radius 2 is 2.13 bits per heavy atom. The second-order valence-corrected chi connectivity index (χ2v) is 5.95. The normalized spacial score (nSPS) is 20.3. The van der Waals surface area contributed by atoms with Crippen molar-refractivity contribution in [3.05, 3.63) is 41.0 Å². The van der Waals surface area contributed by atoms with E-state index in [0.29, 0.717) is 22.0 Å². The summed E-state index contributed by atoms with van der Waals surface area (Å²) in [6.07, 6.45) is 2.63. The highest BCUT2D eigenvalue weighted by Gasteiger charge is 2.24. The number of carbonyl (C=O) groups is 1. The second-order valence-electron chi connectivity index (χ2n) is 5.54. The largest absolute Gasteiger partial charge is 0.349 e. The van der Waals surface area contributed by atoms with Gasteiger partial charge in [-0.1, -0.05) is 18.5 Å². The number of pyridine rings is 1. The molecule has 0 aliphatic carbocycles. The summed E-state index contributed by atoms with van der Waals surface area (Å²) >= 11 is 6.17. The molecule has 1 aliphatic rings. The van der Waals surface area contributed by atoms with Crippen molar-refractivity contribution in [3.8, 4) is 0 Å². The highest BCUT2D eigenvalue weighted by molar-refractivity contribution is 6.36. The standard InChI is InChI=1S/C16H18ClN3O.2ClH/c1-10-9-18-8-6-14(10)20-16(21)12-4-5-13(17)11-3-2-7-19-15(11)12;;/h2-5,7,10,14,18H,6,8-9H2,1H3,(H,20,21);2*1H.